The number of rotatable bonds is 3. The van der Waals surface area contributed by atoms with Crippen LogP contribution in [-0.2, 0) is 6.42 Å². The van der Waals surface area contributed by atoms with E-state index in [0.29, 0.717) is 16.5 Å². The topological polar surface area (TPSA) is 20.2 Å². The zero-order chi connectivity index (χ0) is 13.1. The van der Waals surface area contributed by atoms with Crippen LogP contribution >= 0.6 is 45.8 Å². The molecule has 0 heterocycles. The van der Waals surface area contributed by atoms with Crippen LogP contribution in [0.5, 0.6) is 0 Å². The Morgan fingerprint density at radius 1 is 1.06 bits per heavy atom. The maximum absolute atomic E-state index is 10.2. The van der Waals surface area contributed by atoms with E-state index < -0.39 is 6.10 Å². The molecule has 18 heavy (non-hydrogen) atoms. The monoisotopic (exact) mass is 392 g/mol. The van der Waals surface area contributed by atoms with Crippen LogP contribution in [0.4, 0.5) is 0 Å². The molecule has 0 radical (unpaired) electrons. The fraction of sp³-hybridized carbons (Fsp3) is 0.143. The highest BCUT2D eigenvalue weighted by Crippen LogP contribution is 2.27. The molecule has 2 aromatic rings. The number of hydrogen-bond acceptors (Lipinski definition) is 1. The molecule has 0 aliphatic heterocycles. The third kappa shape index (κ3) is 3.38. The lowest BCUT2D eigenvalue weighted by Gasteiger charge is -2.13. The molecule has 1 nitrogen and oxygen atoms in total. The highest BCUT2D eigenvalue weighted by molar-refractivity contribution is 14.1. The number of hydrogen-bond donors (Lipinski definition) is 1. The molecule has 0 amide bonds. The first-order valence-corrected chi connectivity index (χ1v) is 7.28. The summed E-state index contributed by atoms with van der Waals surface area (Å²) in [5.41, 5.74) is 1.90. The van der Waals surface area contributed by atoms with Gasteiger partial charge in [-0.05, 0) is 51.9 Å². The van der Waals surface area contributed by atoms with Crippen molar-refractivity contribution in [2.75, 3.05) is 0 Å². The van der Waals surface area contributed by atoms with Gasteiger partial charge in [-0.25, -0.2) is 0 Å². The van der Waals surface area contributed by atoms with E-state index in [1.807, 2.05) is 30.3 Å². The second-order valence-corrected chi connectivity index (χ2v) is 5.97. The number of aliphatic hydroxyl groups excluding tert-OH is 1. The zero-order valence-corrected chi connectivity index (χ0v) is 13.1. The lowest BCUT2D eigenvalue weighted by molar-refractivity contribution is 0.177. The largest absolute Gasteiger partial charge is 0.388 e. The van der Waals surface area contributed by atoms with E-state index in [4.69, 9.17) is 23.2 Å². The summed E-state index contributed by atoms with van der Waals surface area (Å²) >= 11 is 14.0. The first kappa shape index (κ1) is 14.1. The summed E-state index contributed by atoms with van der Waals surface area (Å²) in [7, 11) is 0. The van der Waals surface area contributed by atoms with Crippen molar-refractivity contribution in [2.24, 2.45) is 0 Å². The van der Waals surface area contributed by atoms with Gasteiger partial charge < -0.3 is 5.11 Å². The minimum absolute atomic E-state index is 0.518. The fourth-order valence-electron chi connectivity index (χ4n) is 1.75. The highest BCUT2D eigenvalue weighted by Gasteiger charge is 2.12. The Labute approximate surface area is 130 Å². The molecule has 1 N–H and O–H groups in total. The van der Waals surface area contributed by atoms with Gasteiger partial charge in [0.2, 0.25) is 0 Å². The highest BCUT2D eigenvalue weighted by atomic mass is 127. The Morgan fingerprint density at radius 2 is 1.78 bits per heavy atom. The van der Waals surface area contributed by atoms with Gasteiger partial charge in [0.15, 0.2) is 0 Å². The van der Waals surface area contributed by atoms with Crippen LogP contribution in [0.15, 0.2) is 42.5 Å². The molecule has 94 valence electrons. The fourth-order valence-corrected chi connectivity index (χ4v) is 2.81. The summed E-state index contributed by atoms with van der Waals surface area (Å²) in [4.78, 5) is 0. The second kappa shape index (κ2) is 6.24. The average molecular weight is 393 g/mol. The van der Waals surface area contributed by atoms with Gasteiger partial charge in [0.1, 0.15) is 0 Å². The standard InChI is InChI=1S/C14H11Cl2IO/c15-11-6-5-9(7-12(11)16)8-14(18)10-3-1-2-4-13(10)17/h1-7,14,18H,8H2. The average Bonchev–Trinajstić information content (AvgIpc) is 2.34. The Hall–Kier alpha value is -0.290. The number of halogens is 3. The first-order chi connectivity index (χ1) is 8.58. The van der Waals surface area contributed by atoms with Crippen LogP contribution in [-0.4, -0.2) is 5.11 Å². The predicted molar refractivity (Wildman–Crippen MR) is 84.3 cm³/mol. The van der Waals surface area contributed by atoms with Crippen molar-refractivity contribution in [3.63, 3.8) is 0 Å². The van der Waals surface area contributed by atoms with E-state index >= 15 is 0 Å². The minimum Gasteiger partial charge on any atom is -0.388 e. The third-order valence-electron chi connectivity index (χ3n) is 2.68. The van der Waals surface area contributed by atoms with Gasteiger partial charge in [0, 0.05) is 9.99 Å². The molecule has 1 atom stereocenters. The van der Waals surface area contributed by atoms with Crippen LogP contribution in [0.1, 0.15) is 17.2 Å². The van der Waals surface area contributed by atoms with Crippen LogP contribution in [0, 0.1) is 3.57 Å². The van der Waals surface area contributed by atoms with Crippen molar-refractivity contribution in [2.45, 2.75) is 12.5 Å². The van der Waals surface area contributed by atoms with Crippen molar-refractivity contribution in [3.8, 4) is 0 Å². The van der Waals surface area contributed by atoms with Crippen LogP contribution in [0.25, 0.3) is 0 Å². The molecule has 0 fully saturated rings. The molecule has 0 saturated heterocycles. The van der Waals surface area contributed by atoms with Gasteiger partial charge in [-0.2, -0.15) is 0 Å². The Kier molecular flexibility index (Phi) is 4.90. The quantitative estimate of drug-likeness (QED) is 0.738. The molecule has 0 aliphatic carbocycles. The van der Waals surface area contributed by atoms with Crippen LogP contribution < -0.4 is 0 Å². The SMILES string of the molecule is OC(Cc1ccc(Cl)c(Cl)c1)c1ccccc1I. The minimum atomic E-state index is -0.532. The van der Waals surface area contributed by atoms with E-state index in [0.717, 1.165) is 14.7 Å². The molecule has 2 aromatic carbocycles. The van der Waals surface area contributed by atoms with Gasteiger partial charge in [-0.3, -0.25) is 0 Å². The Bertz CT molecular complexity index is 557. The summed E-state index contributed by atoms with van der Waals surface area (Å²) in [6.07, 6.45) is -0.00738. The molecule has 2 rings (SSSR count). The van der Waals surface area contributed by atoms with Gasteiger partial charge in [0.05, 0.1) is 16.1 Å². The molecule has 0 aromatic heterocycles. The van der Waals surface area contributed by atoms with Gasteiger partial charge in [-0.1, -0.05) is 47.5 Å². The van der Waals surface area contributed by atoms with Crippen molar-refractivity contribution < 1.29 is 5.11 Å². The van der Waals surface area contributed by atoms with Gasteiger partial charge in [-0.15, -0.1) is 0 Å². The lowest BCUT2D eigenvalue weighted by Crippen LogP contribution is -2.03. The second-order valence-electron chi connectivity index (χ2n) is 3.99. The Morgan fingerprint density at radius 3 is 2.44 bits per heavy atom. The van der Waals surface area contributed by atoms with E-state index in [1.165, 1.54) is 0 Å². The third-order valence-corrected chi connectivity index (χ3v) is 4.40. The molecular formula is C14H11Cl2IO. The lowest BCUT2D eigenvalue weighted by atomic mass is 10.0. The smallest absolute Gasteiger partial charge is 0.0840 e. The van der Waals surface area contributed by atoms with Crippen molar-refractivity contribution >= 4 is 45.8 Å². The summed E-state index contributed by atoms with van der Waals surface area (Å²) in [6.45, 7) is 0. The molecule has 1 unspecified atom stereocenters. The molecule has 0 bridgehead atoms. The molecule has 0 aliphatic rings. The van der Waals surface area contributed by atoms with Gasteiger partial charge >= 0.3 is 0 Å². The van der Waals surface area contributed by atoms with Crippen LogP contribution in [0.2, 0.25) is 10.0 Å². The first-order valence-electron chi connectivity index (χ1n) is 5.44. The van der Waals surface area contributed by atoms with Crippen molar-refractivity contribution in [1.82, 2.24) is 0 Å². The summed E-state index contributed by atoms with van der Waals surface area (Å²) in [5.74, 6) is 0. The summed E-state index contributed by atoms with van der Waals surface area (Å²) < 4.78 is 1.06. The molecule has 4 heteroatoms. The van der Waals surface area contributed by atoms with Crippen LogP contribution in [0.3, 0.4) is 0 Å². The zero-order valence-electron chi connectivity index (χ0n) is 9.41. The van der Waals surface area contributed by atoms with E-state index in [-0.39, 0.29) is 0 Å². The summed E-state index contributed by atoms with van der Waals surface area (Å²) in [6, 6.07) is 13.2. The predicted octanol–water partition coefficient (Wildman–Crippen LogP) is 4.87. The van der Waals surface area contributed by atoms with E-state index in [2.05, 4.69) is 22.6 Å². The molecule has 0 saturated carbocycles. The van der Waals surface area contributed by atoms with E-state index in [9.17, 15) is 5.11 Å². The maximum atomic E-state index is 10.2. The molecular weight excluding hydrogens is 382 g/mol. The van der Waals surface area contributed by atoms with Crippen molar-refractivity contribution in [1.29, 1.82) is 0 Å². The normalized spacial score (nSPS) is 12.4. The van der Waals surface area contributed by atoms with Crippen molar-refractivity contribution in [3.05, 3.63) is 67.2 Å². The summed E-state index contributed by atoms with van der Waals surface area (Å²) in [5, 5.41) is 11.3. The molecule has 0 spiro atoms. The van der Waals surface area contributed by atoms with E-state index in [1.54, 1.807) is 12.1 Å². The number of benzene rings is 2. The van der Waals surface area contributed by atoms with Gasteiger partial charge in [0.25, 0.3) is 0 Å². The number of aliphatic hydroxyl groups is 1. The maximum Gasteiger partial charge on any atom is 0.0840 e. The Balaban J connectivity index is 2.19.